The van der Waals surface area contributed by atoms with Crippen LogP contribution in [-0.2, 0) is 11.2 Å². The molecule has 0 aliphatic heterocycles. The Morgan fingerprint density at radius 1 is 1.19 bits per heavy atom. The molecule has 8 heteroatoms. The van der Waals surface area contributed by atoms with E-state index >= 15 is 0 Å². The van der Waals surface area contributed by atoms with Crippen LogP contribution in [-0.4, -0.2) is 44.8 Å². The molecule has 0 spiro atoms. The molecule has 146 valence electrons. The van der Waals surface area contributed by atoms with Gasteiger partial charge in [0.05, 0.1) is 12.1 Å². The molecule has 0 saturated heterocycles. The van der Waals surface area contributed by atoms with E-state index in [1.165, 1.54) is 10.8 Å². The van der Waals surface area contributed by atoms with E-state index in [0.29, 0.717) is 29.7 Å². The summed E-state index contributed by atoms with van der Waals surface area (Å²) in [7, 11) is 3.06. The third-order valence-corrected chi connectivity index (χ3v) is 6.00. The van der Waals surface area contributed by atoms with Gasteiger partial charge in [-0.3, -0.25) is 9.59 Å². The van der Waals surface area contributed by atoms with Gasteiger partial charge in [0.15, 0.2) is 5.69 Å². The SMILES string of the molecule is CC(C)Cc1cc(C(=O)NCCSSCCC(=O)O)nn1-c1ccccc1. The molecule has 0 fully saturated rings. The molecular weight excluding hydrogens is 382 g/mol. The number of amides is 1. The standard InChI is InChI=1S/C19H25N3O3S2/c1-14(2)12-16-13-17(21-22(16)15-6-4-3-5-7-15)19(25)20-9-11-27-26-10-8-18(23)24/h3-7,13-14H,8-12H2,1-2H3,(H,20,25)(H,23,24). The first kappa shape index (κ1) is 21.4. The van der Waals surface area contributed by atoms with Crippen molar-refractivity contribution in [3.63, 3.8) is 0 Å². The molecule has 1 aromatic carbocycles. The first-order valence-electron chi connectivity index (χ1n) is 8.86. The second-order valence-electron chi connectivity index (χ2n) is 6.41. The minimum atomic E-state index is -0.789. The molecule has 0 radical (unpaired) electrons. The maximum atomic E-state index is 12.4. The van der Waals surface area contributed by atoms with Crippen molar-refractivity contribution in [1.82, 2.24) is 15.1 Å². The van der Waals surface area contributed by atoms with E-state index < -0.39 is 5.97 Å². The molecule has 0 atom stereocenters. The number of para-hydroxylation sites is 1. The number of nitrogens with one attached hydrogen (secondary N) is 1. The van der Waals surface area contributed by atoms with Gasteiger partial charge in [0, 0.05) is 23.7 Å². The van der Waals surface area contributed by atoms with E-state index in [9.17, 15) is 9.59 Å². The van der Waals surface area contributed by atoms with Gasteiger partial charge in [-0.05, 0) is 30.5 Å². The molecule has 0 aliphatic carbocycles. The number of carbonyl (C=O) groups excluding carboxylic acids is 1. The summed E-state index contributed by atoms with van der Waals surface area (Å²) in [6.07, 6.45) is 0.991. The number of benzene rings is 1. The fourth-order valence-electron chi connectivity index (χ4n) is 2.43. The third kappa shape index (κ3) is 7.30. The van der Waals surface area contributed by atoms with Crippen LogP contribution in [0.5, 0.6) is 0 Å². The minimum Gasteiger partial charge on any atom is -0.481 e. The summed E-state index contributed by atoms with van der Waals surface area (Å²) in [6, 6.07) is 11.7. The monoisotopic (exact) mass is 407 g/mol. The van der Waals surface area contributed by atoms with E-state index in [-0.39, 0.29) is 12.3 Å². The lowest BCUT2D eigenvalue weighted by Crippen LogP contribution is -2.26. The number of hydrogen-bond donors (Lipinski definition) is 2. The highest BCUT2D eigenvalue weighted by Gasteiger charge is 2.16. The van der Waals surface area contributed by atoms with Crippen molar-refractivity contribution in [2.75, 3.05) is 18.1 Å². The summed E-state index contributed by atoms with van der Waals surface area (Å²) in [4.78, 5) is 22.9. The second-order valence-corrected chi connectivity index (χ2v) is 9.11. The molecular formula is C19H25N3O3S2. The normalized spacial score (nSPS) is 10.9. The smallest absolute Gasteiger partial charge is 0.304 e. The van der Waals surface area contributed by atoms with Crippen LogP contribution in [0.15, 0.2) is 36.4 Å². The summed E-state index contributed by atoms with van der Waals surface area (Å²) >= 11 is 0. The summed E-state index contributed by atoms with van der Waals surface area (Å²) in [5, 5.41) is 16.0. The number of rotatable bonds is 11. The van der Waals surface area contributed by atoms with Crippen LogP contribution in [0.4, 0.5) is 0 Å². The second kappa shape index (κ2) is 11.0. The Bertz CT molecular complexity index is 748. The van der Waals surface area contributed by atoms with Crippen molar-refractivity contribution in [3.05, 3.63) is 47.8 Å². The average molecular weight is 408 g/mol. The van der Waals surface area contributed by atoms with Gasteiger partial charge in [0.25, 0.3) is 5.91 Å². The Morgan fingerprint density at radius 2 is 1.89 bits per heavy atom. The van der Waals surface area contributed by atoms with Gasteiger partial charge in [0.2, 0.25) is 0 Å². The lowest BCUT2D eigenvalue weighted by atomic mass is 10.1. The number of carboxylic acid groups (broad SMARTS) is 1. The highest BCUT2D eigenvalue weighted by Crippen LogP contribution is 2.21. The number of nitrogens with zero attached hydrogens (tertiary/aromatic N) is 2. The molecule has 1 amide bonds. The van der Waals surface area contributed by atoms with Gasteiger partial charge in [-0.2, -0.15) is 5.10 Å². The molecule has 27 heavy (non-hydrogen) atoms. The number of aromatic nitrogens is 2. The first-order chi connectivity index (χ1) is 13.0. The van der Waals surface area contributed by atoms with E-state index in [4.69, 9.17) is 5.11 Å². The van der Waals surface area contributed by atoms with E-state index in [1.54, 1.807) is 10.8 Å². The van der Waals surface area contributed by atoms with Crippen molar-refractivity contribution >= 4 is 33.5 Å². The number of hydrogen-bond acceptors (Lipinski definition) is 5. The van der Waals surface area contributed by atoms with Gasteiger partial charge in [-0.1, -0.05) is 53.6 Å². The summed E-state index contributed by atoms with van der Waals surface area (Å²) in [5.74, 6) is 0.759. The Labute approximate surface area is 167 Å². The van der Waals surface area contributed by atoms with Crippen molar-refractivity contribution in [1.29, 1.82) is 0 Å². The molecule has 1 aromatic heterocycles. The number of aliphatic carboxylic acids is 1. The van der Waals surface area contributed by atoms with E-state index in [0.717, 1.165) is 17.8 Å². The molecule has 0 bridgehead atoms. The number of carboxylic acids is 1. The third-order valence-electron chi connectivity index (χ3n) is 3.59. The van der Waals surface area contributed by atoms with Gasteiger partial charge in [-0.25, -0.2) is 4.68 Å². The van der Waals surface area contributed by atoms with Gasteiger partial charge < -0.3 is 10.4 Å². The van der Waals surface area contributed by atoms with Gasteiger partial charge >= 0.3 is 5.97 Å². The fraction of sp³-hybridized carbons (Fsp3) is 0.421. The van der Waals surface area contributed by atoms with Gasteiger partial charge in [-0.15, -0.1) is 0 Å². The molecule has 0 unspecified atom stereocenters. The Kier molecular flexibility index (Phi) is 8.74. The molecule has 0 saturated carbocycles. The highest BCUT2D eigenvalue weighted by molar-refractivity contribution is 8.76. The van der Waals surface area contributed by atoms with Crippen LogP contribution < -0.4 is 5.32 Å². The van der Waals surface area contributed by atoms with Crippen molar-refractivity contribution < 1.29 is 14.7 Å². The van der Waals surface area contributed by atoms with Crippen molar-refractivity contribution in [2.45, 2.75) is 26.7 Å². The van der Waals surface area contributed by atoms with Crippen LogP contribution in [0.2, 0.25) is 0 Å². The molecule has 2 aromatic rings. The average Bonchev–Trinajstić information content (AvgIpc) is 3.04. The van der Waals surface area contributed by atoms with Crippen LogP contribution in [0, 0.1) is 5.92 Å². The first-order valence-corrected chi connectivity index (χ1v) is 11.3. The quantitative estimate of drug-likeness (QED) is 0.437. The molecule has 0 aliphatic rings. The molecule has 2 rings (SSSR count). The van der Waals surface area contributed by atoms with Crippen LogP contribution in [0.3, 0.4) is 0 Å². The maximum Gasteiger partial charge on any atom is 0.304 e. The summed E-state index contributed by atoms with van der Waals surface area (Å²) in [5.41, 5.74) is 2.37. The van der Waals surface area contributed by atoms with E-state index in [2.05, 4.69) is 24.3 Å². The molecule has 1 heterocycles. The lowest BCUT2D eigenvalue weighted by Gasteiger charge is -2.08. The zero-order valence-electron chi connectivity index (χ0n) is 15.6. The Balaban J connectivity index is 1.92. The Morgan fingerprint density at radius 3 is 2.56 bits per heavy atom. The molecule has 2 N–H and O–H groups in total. The zero-order valence-corrected chi connectivity index (χ0v) is 17.2. The highest BCUT2D eigenvalue weighted by atomic mass is 33.1. The van der Waals surface area contributed by atoms with Crippen molar-refractivity contribution in [3.8, 4) is 5.69 Å². The van der Waals surface area contributed by atoms with Crippen LogP contribution in [0.1, 0.15) is 36.5 Å². The van der Waals surface area contributed by atoms with E-state index in [1.807, 2.05) is 41.1 Å². The maximum absolute atomic E-state index is 12.4. The lowest BCUT2D eigenvalue weighted by molar-refractivity contribution is -0.136. The summed E-state index contributed by atoms with van der Waals surface area (Å²) < 4.78 is 1.84. The largest absolute Gasteiger partial charge is 0.481 e. The zero-order chi connectivity index (χ0) is 19.6. The predicted octanol–water partition coefficient (Wildman–Crippen LogP) is 3.66. The van der Waals surface area contributed by atoms with Crippen LogP contribution in [0.25, 0.3) is 5.69 Å². The number of carbonyl (C=O) groups is 2. The summed E-state index contributed by atoms with van der Waals surface area (Å²) in [6.45, 7) is 4.80. The fourth-order valence-corrected chi connectivity index (χ4v) is 4.32. The Hall–Kier alpha value is -1.93. The predicted molar refractivity (Wildman–Crippen MR) is 112 cm³/mol. The van der Waals surface area contributed by atoms with Crippen LogP contribution >= 0.6 is 21.6 Å². The topological polar surface area (TPSA) is 84.2 Å². The van der Waals surface area contributed by atoms with Crippen molar-refractivity contribution in [2.24, 2.45) is 5.92 Å². The minimum absolute atomic E-state index is 0.152. The molecule has 6 nitrogen and oxygen atoms in total. The van der Waals surface area contributed by atoms with Gasteiger partial charge in [0.1, 0.15) is 0 Å².